The molecule has 0 radical (unpaired) electrons. The molecule has 0 heterocycles. The number of nitrogens with zero attached hydrogens (tertiary/aromatic N) is 1. The van der Waals surface area contributed by atoms with E-state index in [2.05, 4.69) is 0 Å². The van der Waals surface area contributed by atoms with Crippen molar-refractivity contribution in [1.29, 1.82) is 0 Å². The third kappa shape index (κ3) is 4.43. The summed E-state index contributed by atoms with van der Waals surface area (Å²) in [6, 6.07) is 6.58. The van der Waals surface area contributed by atoms with Crippen LogP contribution in [0.3, 0.4) is 0 Å². The number of sulfonamides is 1. The summed E-state index contributed by atoms with van der Waals surface area (Å²) >= 11 is 0. The SMILES string of the molecule is CCCN(CC1CC1)S(=O)(=O)c1ccc(OCCN)cc1. The van der Waals surface area contributed by atoms with Gasteiger partial charge in [-0.2, -0.15) is 4.31 Å². The fourth-order valence-corrected chi connectivity index (χ4v) is 3.79. The van der Waals surface area contributed by atoms with Crippen LogP contribution in [0.4, 0.5) is 0 Å². The maximum Gasteiger partial charge on any atom is 0.243 e. The molecule has 0 amide bonds. The summed E-state index contributed by atoms with van der Waals surface area (Å²) in [5.41, 5.74) is 5.37. The minimum atomic E-state index is -3.40. The molecule has 1 aliphatic carbocycles. The zero-order valence-corrected chi connectivity index (χ0v) is 13.3. The van der Waals surface area contributed by atoms with Gasteiger partial charge in [-0.25, -0.2) is 8.42 Å². The number of nitrogens with two attached hydrogens (primary N) is 1. The second-order valence-corrected chi connectivity index (χ2v) is 7.35. The minimum Gasteiger partial charge on any atom is -0.492 e. The van der Waals surface area contributed by atoms with E-state index >= 15 is 0 Å². The second kappa shape index (κ2) is 7.24. The Morgan fingerprint density at radius 3 is 2.48 bits per heavy atom. The summed E-state index contributed by atoms with van der Waals surface area (Å²) in [6.07, 6.45) is 3.10. The smallest absolute Gasteiger partial charge is 0.243 e. The molecule has 0 unspecified atom stereocenters. The van der Waals surface area contributed by atoms with E-state index in [1.54, 1.807) is 28.6 Å². The van der Waals surface area contributed by atoms with E-state index in [4.69, 9.17) is 10.5 Å². The normalized spacial score (nSPS) is 15.4. The van der Waals surface area contributed by atoms with Gasteiger partial charge in [-0.3, -0.25) is 0 Å². The van der Waals surface area contributed by atoms with E-state index in [1.165, 1.54) is 0 Å². The largest absolute Gasteiger partial charge is 0.492 e. The van der Waals surface area contributed by atoms with Crippen LogP contribution in [-0.4, -0.2) is 39.0 Å². The molecule has 2 N–H and O–H groups in total. The molecule has 0 bridgehead atoms. The van der Waals surface area contributed by atoms with Crippen LogP contribution in [0.5, 0.6) is 5.75 Å². The van der Waals surface area contributed by atoms with Crippen molar-refractivity contribution in [2.24, 2.45) is 11.7 Å². The third-order valence-electron chi connectivity index (χ3n) is 3.48. The molecular formula is C15H24N2O3S. The highest BCUT2D eigenvalue weighted by atomic mass is 32.2. The van der Waals surface area contributed by atoms with Crippen LogP contribution < -0.4 is 10.5 Å². The summed E-state index contributed by atoms with van der Waals surface area (Å²) in [4.78, 5) is 0.330. The van der Waals surface area contributed by atoms with E-state index in [0.29, 0.717) is 42.8 Å². The molecule has 5 nitrogen and oxygen atoms in total. The Kier molecular flexibility index (Phi) is 5.61. The van der Waals surface area contributed by atoms with Crippen LogP contribution >= 0.6 is 0 Å². The van der Waals surface area contributed by atoms with Gasteiger partial charge in [0.25, 0.3) is 0 Å². The molecule has 1 aromatic rings. The molecule has 1 fully saturated rings. The van der Waals surface area contributed by atoms with Crippen molar-refractivity contribution in [3.05, 3.63) is 24.3 Å². The Morgan fingerprint density at radius 1 is 1.29 bits per heavy atom. The van der Waals surface area contributed by atoms with Crippen LogP contribution in [0.2, 0.25) is 0 Å². The van der Waals surface area contributed by atoms with Crippen LogP contribution in [0, 0.1) is 5.92 Å². The summed E-state index contributed by atoms with van der Waals surface area (Å²) in [5, 5.41) is 0. The van der Waals surface area contributed by atoms with Crippen molar-refractivity contribution < 1.29 is 13.2 Å². The van der Waals surface area contributed by atoms with Crippen LogP contribution in [0.15, 0.2) is 29.2 Å². The molecule has 21 heavy (non-hydrogen) atoms. The Balaban J connectivity index is 2.12. The van der Waals surface area contributed by atoms with Crippen molar-refractivity contribution in [3.8, 4) is 5.75 Å². The second-order valence-electron chi connectivity index (χ2n) is 5.41. The Labute approximate surface area is 127 Å². The average Bonchev–Trinajstić information content (AvgIpc) is 3.29. The van der Waals surface area contributed by atoms with Crippen LogP contribution in [0.1, 0.15) is 26.2 Å². The lowest BCUT2D eigenvalue weighted by atomic mass is 10.3. The Bertz CT molecular complexity index is 539. The van der Waals surface area contributed by atoms with Crippen molar-refractivity contribution in [3.63, 3.8) is 0 Å². The van der Waals surface area contributed by atoms with Crippen molar-refractivity contribution in [2.75, 3.05) is 26.2 Å². The summed E-state index contributed by atoms with van der Waals surface area (Å²) in [6.45, 7) is 4.08. The highest BCUT2D eigenvalue weighted by Gasteiger charge is 2.31. The highest BCUT2D eigenvalue weighted by Crippen LogP contribution is 2.32. The summed E-state index contributed by atoms with van der Waals surface area (Å²) < 4.78 is 32.3. The average molecular weight is 312 g/mol. The van der Waals surface area contributed by atoms with Gasteiger partial charge >= 0.3 is 0 Å². The maximum atomic E-state index is 12.7. The van der Waals surface area contributed by atoms with Crippen molar-refractivity contribution >= 4 is 10.0 Å². The molecule has 118 valence electrons. The number of ether oxygens (including phenoxy) is 1. The van der Waals surface area contributed by atoms with E-state index in [9.17, 15) is 8.42 Å². The molecule has 1 aliphatic rings. The highest BCUT2D eigenvalue weighted by molar-refractivity contribution is 7.89. The van der Waals surface area contributed by atoms with Gasteiger partial charge in [0.15, 0.2) is 0 Å². The monoisotopic (exact) mass is 312 g/mol. The van der Waals surface area contributed by atoms with Gasteiger partial charge in [-0.05, 0) is 49.4 Å². The summed E-state index contributed by atoms with van der Waals surface area (Å²) in [7, 11) is -3.40. The van der Waals surface area contributed by atoms with E-state index in [1.807, 2.05) is 6.92 Å². The zero-order valence-electron chi connectivity index (χ0n) is 12.5. The van der Waals surface area contributed by atoms with Crippen molar-refractivity contribution in [1.82, 2.24) is 4.31 Å². The summed E-state index contributed by atoms with van der Waals surface area (Å²) in [5.74, 6) is 1.18. The number of rotatable bonds is 9. The van der Waals surface area contributed by atoms with Gasteiger partial charge in [0.2, 0.25) is 10.0 Å². The quantitative estimate of drug-likeness (QED) is 0.755. The van der Waals surface area contributed by atoms with E-state index in [-0.39, 0.29) is 0 Å². The number of benzene rings is 1. The molecule has 0 saturated heterocycles. The van der Waals surface area contributed by atoms with Crippen LogP contribution in [-0.2, 0) is 10.0 Å². The molecule has 0 aromatic heterocycles. The molecule has 0 aliphatic heterocycles. The first-order chi connectivity index (χ1) is 10.1. The van der Waals surface area contributed by atoms with E-state index in [0.717, 1.165) is 19.3 Å². The predicted molar refractivity (Wildman–Crippen MR) is 82.8 cm³/mol. The fourth-order valence-electron chi connectivity index (χ4n) is 2.18. The van der Waals surface area contributed by atoms with E-state index < -0.39 is 10.0 Å². The first-order valence-corrected chi connectivity index (χ1v) is 8.95. The molecule has 2 rings (SSSR count). The van der Waals surface area contributed by atoms with Gasteiger partial charge in [0.1, 0.15) is 12.4 Å². The maximum absolute atomic E-state index is 12.7. The number of hydrogen-bond donors (Lipinski definition) is 1. The lowest BCUT2D eigenvalue weighted by Gasteiger charge is -2.21. The molecule has 1 saturated carbocycles. The lowest BCUT2D eigenvalue weighted by Crippen LogP contribution is -2.33. The molecular weight excluding hydrogens is 288 g/mol. The van der Waals surface area contributed by atoms with Gasteiger partial charge in [-0.15, -0.1) is 0 Å². The predicted octanol–water partition coefficient (Wildman–Crippen LogP) is 1.83. The number of hydrogen-bond acceptors (Lipinski definition) is 4. The lowest BCUT2D eigenvalue weighted by molar-refractivity contribution is 0.328. The minimum absolute atomic E-state index is 0.330. The molecule has 1 aromatic carbocycles. The van der Waals surface area contributed by atoms with Gasteiger partial charge in [0.05, 0.1) is 4.90 Å². The first-order valence-electron chi connectivity index (χ1n) is 7.51. The standard InChI is InChI=1S/C15H24N2O3S/c1-2-10-17(12-13-3-4-13)21(18,19)15-7-5-14(6-8-15)20-11-9-16/h5-8,13H,2-4,9-12,16H2,1H3. The fraction of sp³-hybridized carbons (Fsp3) is 0.600. The van der Waals surface area contributed by atoms with Crippen molar-refractivity contribution in [2.45, 2.75) is 31.1 Å². The molecule has 0 spiro atoms. The zero-order chi connectivity index (χ0) is 15.3. The third-order valence-corrected chi connectivity index (χ3v) is 5.36. The molecule has 0 atom stereocenters. The Morgan fingerprint density at radius 2 is 1.95 bits per heavy atom. The van der Waals surface area contributed by atoms with Gasteiger partial charge in [0, 0.05) is 19.6 Å². The van der Waals surface area contributed by atoms with Crippen LogP contribution in [0.25, 0.3) is 0 Å². The van der Waals surface area contributed by atoms with Gasteiger partial charge in [-0.1, -0.05) is 6.92 Å². The Hall–Kier alpha value is -1.11. The van der Waals surface area contributed by atoms with Gasteiger partial charge < -0.3 is 10.5 Å². The topological polar surface area (TPSA) is 72.6 Å². The molecule has 6 heteroatoms. The first kappa shape index (κ1) is 16.3.